The van der Waals surface area contributed by atoms with Crippen molar-refractivity contribution in [3.63, 3.8) is 0 Å². The molecule has 1 atom stereocenters. The van der Waals surface area contributed by atoms with Crippen LogP contribution in [0.1, 0.15) is 24.1 Å². The van der Waals surface area contributed by atoms with Gasteiger partial charge < -0.3 is 14.5 Å². The van der Waals surface area contributed by atoms with Crippen LogP contribution < -0.4 is 15.4 Å². The standard InChI is InChI=1S/C18H24N6O2/c1-22(2)18-19-7-5-16(20-18)23-8-3-4-14(23)11-24-17(25)10-13-12-26-9-6-15(13)21-24/h5,7,10,14H,3-4,6,8-9,11-12H2,1-2H3. The monoisotopic (exact) mass is 356 g/mol. The summed E-state index contributed by atoms with van der Waals surface area (Å²) in [5, 5.41) is 4.61. The van der Waals surface area contributed by atoms with E-state index in [0.29, 0.717) is 25.7 Å². The van der Waals surface area contributed by atoms with E-state index in [1.807, 2.05) is 25.1 Å². The van der Waals surface area contributed by atoms with Gasteiger partial charge in [-0.2, -0.15) is 10.1 Å². The molecule has 0 bridgehead atoms. The summed E-state index contributed by atoms with van der Waals surface area (Å²) in [4.78, 5) is 25.6. The number of hydrogen-bond donors (Lipinski definition) is 0. The number of fused-ring (bicyclic) bond motifs is 1. The van der Waals surface area contributed by atoms with Crippen molar-refractivity contribution >= 4 is 11.8 Å². The van der Waals surface area contributed by atoms with Crippen LogP contribution in [0, 0.1) is 0 Å². The first-order chi connectivity index (χ1) is 12.6. The Bertz CT molecular complexity index is 850. The SMILES string of the molecule is CN(C)c1nccc(N2CCCC2Cn2nc3c(cc2=O)COCC3)n1. The Morgan fingerprint density at radius 2 is 2.27 bits per heavy atom. The molecule has 2 aliphatic heterocycles. The summed E-state index contributed by atoms with van der Waals surface area (Å²) in [5.41, 5.74) is 1.85. The van der Waals surface area contributed by atoms with Gasteiger partial charge in [0.1, 0.15) is 5.82 Å². The molecule has 2 aromatic heterocycles. The first-order valence-electron chi connectivity index (χ1n) is 9.06. The number of nitrogens with zero attached hydrogens (tertiary/aromatic N) is 6. The van der Waals surface area contributed by atoms with Gasteiger partial charge in [0.05, 0.1) is 31.5 Å². The van der Waals surface area contributed by atoms with E-state index in [0.717, 1.165) is 42.9 Å². The Morgan fingerprint density at radius 3 is 3.12 bits per heavy atom. The zero-order chi connectivity index (χ0) is 18.1. The van der Waals surface area contributed by atoms with Gasteiger partial charge in [-0.25, -0.2) is 9.67 Å². The molecular weight excluding hydrogens is 332 g/mol. The molecule has 1 fully saturated rings. The van der Waals surface area contributed by atoms with Crippen molar-refractivity contribution in [3.8, 4) is 0 Å². The van der Waals surface area contributed by atoms with Crippen molar-refractivity contribution in [2.24, 2.45) is 0 Å². The van der Waals surface area contributed by atoms with Gasteiger partial charge in [-0.3, -0.25) is 4.79 Å². The molecule has 0 saturated carbocycles. The van der Waals surface area contributed by atoms with E-state index < -0.39 is 0 Å². The van der Waals surface area contributed by atoms with Crippen molar-refractivity contribution in [1.82, 2.24) is 19.7 Å². The molecule has 1 saturated heterocycles. The van der Waals surface area contributed by atoms with E-state index in [-0.39, 0.29) is 11.6 Å². The Labute approximate surface area is 152 Å². The Balaban J connectivity index is 1.58. The largest absolute Gasteiger partial charge is 0.376 e. The summed E-state index contributed by atoms with van der Waals surface area (Å²) in [5.74, 6) is 1.60. The number of aromatic nitrogens is 4. The molecule has 0 aromatic carbocycles. The lowest BCUT2D eigenvalue weighted by Gasteiger charge is -2.27. The zero-order valence-corrected chi connectivity index (χ0v) is 15.3. The minimum atomic E-state index is -0.0576. The molecule has 138 valence electrons. The average Bonchev–Trinajstić information content (AvgIpc) is 3.10. The van der Waals surface area contributed by atoms with E-state index in [2.05, 4.69) is 20.0 Å². The fraction of sp³-hybridized carbons (Fsp3) is 0.556. The molecule has 1 unspecified atom stereocenters. The summed E-state index contributed by atoms with van der Waals surface area (Å²) >= 11 is 0. The maximum atomic E-state index is 12.5. The molecular formula is C18H24N6O2. The second kappa shape index (κ2) is 7.03. The second-order valence-corrected chi connectivity index (χ2v) is 7.04. The van der Waals surface area contributed by atoms with Gasteiger partial charge in [0.15, 0.2) is 0 Å². The Hall–Kier alpha value is -2.48. The number of rotatable bonds is 4. The third-order valence-electron chi connectivity index (χ3n) is 4.99. The van der Waals surface area contributed by atoms with Gasteiger partial charge in [0.25, 0.3) is 5.56 Å². The molecule has 26 heavy (non-hydrogen) atoms. The van der Waals surface area contributed by atoms with Crippen LogP contribution in [0.2, 0.25) is 0 Å². The molecule has 4 rings (SSSR count). The molecule has 0 aliphatic carbocycles. The highest BCUT2D eigenvalue weighted by Crippen LogP contribution is 2.25. The van der Waals surface area contributed by atoms with Crippen LogP contribution in [-0.4, -0.2) is 53.0 Å². The predicted molar refractivity (Wildman–Crippen MR) is 98.6 cm³/mol. The van der Waals surface area contributed by atoms with E-state index in [9.17, 15) is 4.79 Å². The molecule has 4 heterocycles. The second-order valence-electron chi connectivity index (χ2n) is 7.04. The van der Waals surface area contributed by atoms with Crippen molar-refractivity contribution in [1.29, 1.82) is 0 Å². The van der Waals surface area contributed by atoms with E-state index in [1.54, 1.807) is 16.9 Å². The molecule has 0 N–H and O–H groups in total. The third kappa shape index (κ3) is 3.29. The Morgan fingerprint density at radius 1 is 1.38 bits per heavy atom. The first kappa shape index (κ1) is 17.0. The lowest BCUT2D eigenvalue weighted by Crippen LogP contribution is -2.38. The van der Waals surface area contributed by atoms with E-state index in [4.69, 9.17) is 4.74 Å². The summed E-state index contributed by atoms with van der Waals surface area (Å²) in [6.45, 7) is 2.67. The van der Waals surface area contributed by atoms with Crippen molar-refractivity contribution in [2.75, 3.05) is 37.0 Å². The van der Waals surface area contributed by atoms with Crippen LogP contribution in [0.25, 0.3) is 0 Å². The number of anilines is 2. The predicted octanol–water partition coefficient (Wildman–Crippen LogP) is 0.841. The van der Waals surface area contributed by atoms with Gasteiger partial charge in [-0.1, -0.05) is 0 Å². The van der Waals surface area contributed by atoms with E-state index in [1.165, 1.54) is 0 Å². The van der Waals surface area contributed by atoms with Crippen LogP contribution in [0.5, 0.6) is 0 Å². The molecule has 2 aromatic rings. The van der Waals surface area contributed by atoms with Gasteiger partial charge in [0, 0.05) is 44.9 Å². The lowest BCUT2D eigenvalue weighted by molar-refractivity contribution is 0.108. The summed E-state index contributed by atoms with van der Waals surface area (Å²) in [6, 6.07) is 3.82. The van der Waals surface area contributed by atoms with E-state index >= 15 is 0 Å². The molecule has 2 aliphatic rings. The highest BCUT2D eigenvalue weighted by atomic mass is 16.5. The van der Waals surface area contributed by atoms with Crippen molar-refractivity contribution in [3.05, 3.63) is 39.9 Å². The lowest BCUT2D eigenvalue weighted by atomic mass is 10.1. The summed E-state index contributed by atoms with van der Waals surface area (Å²) in [6.07, 6.45) is 4.66. The fourth-order valence-electron chi connectivity index (χ4n) is 3.62. The van der Waals surface area contributed by atoms with Crippen LogP contribution in [0.15, 0.2) is 23.1 Å². The van der Waals surface area contributed by atoms with Crippen LogP contribution in [0.4, 0.5) is 11.8 Å². The maximum absolute atomic E-state index is 12.5. The smallest absolute Gasteiger partial charge is 0.267 e. The van der Waals surface area contributed by atoms with Gasteiger partial charge >= 0.3 is 0 Å². The molecule has 8 nitrogen and oxygen atoms in total. The molecule has 0 amide bonds. The summed E-state index contributed by atoms with van der Waals surface area (Å²) in [7, 11) is 3.86. The first-order valence-corrected chi connectivity index (χ1v) is 9.06. The van der Waals surface area contributed by atoms with Gasteiger partial charge in [-0.05, 0) is 18.9 Å². The Kier molecular flexibility index (Phi) is 4.58. The minimum absolute atomic E-state index is 0.0576. The van der Waals surface area contributed by atoms with Crippen LogP contribution in [0.3, 0.4) is 0 Å². The number of hydrogen-bond acceptors (Lipinski definition) is 7. The fourth-order valence-corrected chi connectivity index (χ4v) is 3.62. The van der Waals surface area contributed by atoms with Crippen LogP contribution >= 0.6 is 0 Å². The van der Waals surface area contributed by atoms with Crippen molar-refractivity contribution < 1.29 is 4.74 Å². The van der Waals surface area contributed by atoms with Gasteiger partial charge in [-0.15, -0.1) is 0 Å². The normalized spacial score (nSPS) is 19.5. The quantitative estimate of drug-likeness (QED) is 0.803. The topological polar surface area (TPSA) is 76.4 Å². The molecule has 0 radical (unpaired) electrons. The minimum Gasteiger partial charge on any atom is -0.376 e. The number of ether oxygens (including phenoxy) is 1. The molecule has 0 spiro atoms. The molecule has 8 heteroatoms. The van der Waals surface area contributed by atoms with Crippen LogP contribution in [-0.2, 0) is 24.3 Å². The average molecular weight is 356 g/mol. The highest BCUT2D eigenvalue weighted by molar-refractivity contribution is 5.45. The summed E-state index contributed by atoms with van der Waals surface area (Å²) < 4.78 is 7.03. The zero-order valence-electron chi connectivity index (χ0n) is 15.3. The third-order valence-corrected chi connectivity index (χ3v) is 4.99. The van der Waals surface area contributed by atoms with Gasteiger partial charge in [0.2, 0.25) is 5.95 Å². The maximum Gasteiger partial charge on any atom is 0.267 e. The highest BCUT2D eigenvalue weighted by Gasteiger charge is 2.27. The van der Waals surface area contributed by atoms with Crippen molar-refractivity contribution in [2.45, 2.75) is 38.5 Å².